The second kappa shape index (κ2) is 3.94. The molecule has 0 fully saturated rings. The number of nitrogens with zero attached hydrogens (tertiary/aromatic N) is 2. The molecule has 2 aromatic heterocycles. The molecular weight excluding hydrogens is 220 g/mol. The van der Waals surface area contributed by atoms with E-state index in [1.54, 1.807) is 17.5 Å². The van der Waals surface area contributed by atoms with Gasteiger partial charge in [-0.1, -0.05) is 23.5 Å². The molecule has 0 aliphatic carbocycles. The van der Waals surface area contributed by atoms with Crippen molar-refractivity contribution in [1.29, 1.82) is 0 Å². The van der Waals surface area contributed by atoms with Crippen molar-refractivity contribution in [3.63, 3.8) is 0 Å². The Bertz CT molecular complexity index is 552. The van der Waals surface area contributed by atoms with Crippen molar-refractivity contribution < 1.29 is 0 Å². The number of rotatable bonds is 3. The van der Waals surface area contributed by atoms with Crippen LogP contribution in [-0.2, 0) is 6.54 Å². The van der Waals surface area contributed by atoms with Gasteiger partial charge in [-0.25, -0.2) is 9.97 Å². The van der Waals surface area contributed by atoms with Crippen LogP contribution in [0.4, 0.5) is 5.13 Å². The summed E-state index contributed by atoms with van der Waals surface area (Å²) in [4.78, 5) is 11.7. The molecule has 0 saturated carbocycles. The normalized spacial score (nSPS) is 10.8. The lowest BCUT2D eigenvalue weighted by atomic mass is 10.3. The number of fused-ring (bicyclic) bond motifs is 1. The van der Waals surface area contributed by atoms with Gasteiger partial charge < -0.3 is 10.3 Å². The molecule has 0 radical (unpaired) electrons. The summed E-state index contributed by atoms with van der Waals surface area (Å²) in [6.45, 7) is 0.673. The summed E-state index contributed by atoms with van der Waals surface area (Å²) in [5, 5.41) is 4.18. The van der Waals surface area contributed by atoms with Crippen LogP contribution in [0.2, 0.25) is 0 Å². The van der Waals surface area contributed by atoms with Gasteiger partial charge in [-0.15, -0.1) is 0 Å². The standard InChI is InChI=1S/C11H10N4S/c1-2-4-9-8(3-1)15-11(16-9)14-7-10-12-5-6-13-10/h1-6H,7H2,(H,12,13)(H,14,15). The fourth-order valence-corrected chi connectivity index (χ4v) is 2.36. The molecule has 5 heteroatoms. The minimum atomic E-state index is 0.673. The van der Waals surface area contributed by atoms with Gasteiger partial charge in [0.1, 0.15) is 5.82 Å². The van der Waals surface area contributed by atoms with Crippen LogP contribution in [0.5, 0.6) is 0 Å². The summed E-state index contributed by atoms with van der Waals surface area (Å²) in [6, 6.07) is 8.12. The largest absolute Gasteiger partial charge is 0.354 e. The number of nitrogens with one attached hydrogen (secondary N) is 2. The highest BCUT2D eigenvalue weighted by Crippen LogP contribution is 2.25. The van der Waals surface area contributed by atoms with E-state index in [0.29, 0.717) is 6.54 Å². The van der Waals surface area contributed by atoms with Crippen LogP contribution >= 0.6 is 11.3 Å². The quantitative estimate of drug-likeness (QED) is 0.727. The molecule has 2 N–H and O–H groups in total. The number of thiazole rings is 1. The Morgan fingerprint density at radius 1 is 1.31 bits per heavy atom. The monoisotopic (exact) mass is 230 g/mol. The Labute approximate surface area is 96.4 Å². The third-order valence-electron chi connectivity index (χ3n) is 2.26. The average molecular weight is 230 g/mol. The van der Waals surface area contributed by atoms with Crippen molar-refractivity contribution in [1.82, 2.24) is 15.0 Å². The van der Waals surface area contributed by atoms with Gasteiger partial charge in [0.05, 0.1) is 16.8 Å². The van der Waals surface area contributed by atoms with Gasteiger partial charge in [-0.3, -0.25) is 0 Å². The molecule has 1 aromatic carbocycles. The smallest absolute Gasteiger partial charge is 0.184 e. The molecule has 0 saturated heterocycles. The molecule has 16 heavy (non-hydrogen) atoms. The van der Waals surface area contributed by atoms with E-state index in [1.165, 1.54) is 4.70 Å². The number of H-pyrrole nitrogens is 1. The van der Waals surface area contributed by atoms with Crippen molar-refractivity contribution in [2.24, 2.45) is 0 Å². The summed E-state index contributed by atoms with van der Waals surface area (Å²) >= 11 is 1.66. The Morgan fingerprint density at radius 2 is 2.25 bits per heavy atom. The molecule has 2 heterocycles. The third kappa shape index (κ3) is 1.77. The predicted molar refractivity (Wildman–Crippen MR) is 65.5 cm³/mol. The van der Waals surface area contributed by atoms with Gasteiger partial charge in [-0.2, -0.15) is 0 Å². The van der Waals surface area contributed by atoms with Crippen LogP contribution in [0.1, 0.15) is 5.82 Å². The molecule has 4 nitrogen and oxygen atoms in total. The summed E-state index contributed by atoms with van der Waals surface area (Å²) in [5.41, 5.74) is 1.04. The van der Waals surface area contributed by atoms with E-state index in [4.69, 9.17) is 0 Å². The number of hydrogen-bond donors (Lipinski definition) is 2. The molecule has 0 aliphatic rings. The Morgan fingerprint density at radius 3 is 3.06 bits per heavy atom. The SMILES string of the molecule is c1ccc2sc(NCc3ncc[nH]3)nc2c1. The van der Waals surface area contributed by atoms with Gasteiger partial charge in [0.25, 0.3) is 0 Å². The number of aromatic amines is 1. The number of para-hydroxylation sites is 1. The average Bonchev–Trinajstić information content (AvgIpc) is 2.95. The maximum absolute atomic E-state index is 4.48. The Balaban J connectivity index is 1.79. The second-order valence-corrected chi connectivity index (χ2v) is 4.41. The van der Waals surface area contributed by atoms with Crippen molar-refractivity contribution in [3.8, 4) is 0 Å². The Kier molecular flexibility index (Phi) is 2.30. The number of aromatic nitrogens is 3. The molecule has 80 valence electrons. The molecule has 0 bridgehead atoms. The fourth-order valence-electron chi connectivity index (χ4n) is 1.50. The summed E-state index contributed by atoms with van der Waals surface area (Å²) in [7, 11) is 0. The first kappa shape index (κ1) is 9.35. The zero-order valence-electron chi connectivity index (χ0n) is 8.47. The first-order chi connectivity index (χ1) is 7.92. The molecule has 3 rings (SSSR count). The fraction of sp³-hybridized carbons (Fsp3) is 0.0909. The van der Waals surface area contributed by atoms with Gasteiger partial charge in [0, 0.05) is 12.4 Å². The van der Waals surface area contributed by atoms with E-state index in [9.17, 15) is 0 Å². The molecule has 0 spiro atoms. The number of imidazole rings is 1. The molecule has 0 amide bonds. The predicted octanol–water partition coefficient (Wildman–Crippen LogP) is 2.63. The molecule has 0 aliphatic heterocycles. The van der Waals surface area contributed by atoms with Crippen molar-refractivity contribution in [3.05, 3.63) is 42.5 Å². The summed E-state index contributed by atoms with van der Waals surface area (Å²) in [6.07, 6.45) is 3.56. The lowest BCUT2D eigenvalue weighted by Gasteiger charge is -1.97. The van der Waals surface area contributed by atoms with Crippen LogP contribution in [-0.4, -0.2) is 15.0 Å². The lowest BCUT2D eigenvalue weighted by Crippen LogP contribution is -2.00. The highest BCUT2D eigenvalue weighted by atomic mass is 32.1. The van der Waals surface area contributed by atoms with Gasteiger partial charge in [0.15, 0.2) is 5.13 Å². The van der Waals surface area contributed by atoms with Crippen molar-refractivity contribution >= 4 is 26.7 Å². The van der Waals surface area contributed by atoms with Crippen LogP contribution < -0.4 is 5.32 Å². The number of hydrogen-bond acceptors (Lipinski definition) is 4. The highest BCUT2D eigenvalue weighted by molar-refractivity contribution is 7.22. The minimum Gasteiger partial charge on any atom is -0.354 e. The zero-order valence-corrected chi connectivity index (χ0v) is 9.29. The van der Waals surface area contributed by atoms with Crippen molar-refractivity contribution in [2.75, 3.05) is 5.32 Å². The molecular formula is C11H10N4S. The lowest BCUT2D eigenvalue weighted by molar-refractivity contribution is 0.997. The maximum atomic E-state index is 4.48. The molecule has 0 unspecified atom stereocenters. The minimum absolute atomic E-state index is 0.673. The van der Waals surface area contributed by atoms with E-state index in [-0.39, 0.29) is 0 Å². The zero-order chi connectivity index (χ0) is 10.8. The Hall–Kier alpha value is -1.88. The topological polar surface area (TPSA) is 53.6 Å². The van der Waals surface area contributed by atoms with Crippen LogP contribution in [0.3, 0.4) is 0 Å². The van der Waals surface area contributed by atoms with E-state index < -0.39 is 0 Å². The van der Waals surface area contributed by atoms with Crippen molar-refractivity contribution in [2.45, 2.75) is 6.54 Å². The first-order valence-corrected chi connectivity index (χ1v) is 5.81. The second-order valence-electron chi connectivity index (χ2n) is 3.38. The van der Waals surface area contributed by atoms with Crippen LogP contribution in [0.25, 0.3) is 10.2 Å². The van der Waals surface area contributed by atoms with Gasteiger partial charge >= 0.3 is 0 Å². The highest BCUT2D eigenvalue weighted by Gasteiger charge is 2.02. The van der Waals surface area contributed by atoms with Gasteiger partial charge in [0.2, 0.25) is 0 Å². The number of benzene rings is 1. The summed E-state index contributed by atoms with van der Waals surface area (Å²) < 4.78 is 1.20. The maximum Gasteiger partial charge on any atom is 0.184 e. The van der Waals surface area contributed by atoms with E-state index >= 15 is 0 Å². The van der Waals surface area contributed by atoms with E-state index in [0.717, 1.165) is 16.5 Å². The van der Waals surface area contributed by atoms with Crippen LogP contribution in [0, 0.1) is 0 Å². The summed E-state index contributed by atoms with van der Waals surface area (Å²) in [5.74, 6) is 0.916. The number of anilines is 1. The van der Waals surface area contributed by atoms with E-state index in [2.05, 4.69) is 26.3 Å². The van der Waals surface area contributed by atoms with Crippen LogP contribution in [0.15, 0.2) is 36.7 Å². The molecule has 3 aromatic rings. The first-order valence-electron chi connectivity index (χ1n) is 4.99. The molecule has 0 atom stereocenters. The third-order valence-corrected chi connectivity index (χ3v) is 3.25. The van der Waals surface area contributed by atoms with E-state index in [1.807, 2.05) is 24.4 Å². The van der Waals surface area contributed by atoms with Gasteiger partial charge in [-0.05, 0) is 12.1 Å².